The normalized spacial score (nSPS) is 10.2. The van der Waals surface area contributed by atoms with E-state index in [1.54, 1.807) is 7.11 Å². The highest BCUT2D eigenvalue weighted by atomic mass is 32.2. The number of unbranched alkanes of at least 4 members (excludes halogenated alkanes) is 1. The number of ether oxygens (including phenoxy) is 1. The van der Waals surface area contributed by atoms with Gasteiger partial charge >= 0.3 is 0 Å². The minimum atomic E-state index is 0.922. The van der Waals surface area contributed by atoms with E-state index >= 15 is 0 Å². The molecule has 1 aromatic rings. The average molecular weight is 239 g/mol. The number of hydrogen-bond acceptors (Lipinski definition) is 3. The molecule has 0 unspecified atom stereocenters. The highest BCUT2D eigenvalue weighted by Crippen LogP contribution is 2.20. The number of anilines is 1. The summed E-state index contributed by atoms with van der Waals surface area (Å²) in [4.78, 5) is 0. The number of thioether (sulfide) groups is 1. The van der Waals surface area contributed by atoms with E-state index in [9.17, 15) is 0 Å². The van der Waals surface area contributed by atoms with Crippen molar-refractivity contribution in [3.63, 3.8) is 0 Å². The number of rotatable bonds is 7. The molecule has 0 amide bonds. The first-order valence-corrected chi connectivity index (χ1v) is 7.04. The lowest BCUT2D eigenvalue weighted by Gasteiger charge is -2.10. The summed E-state index contributed by atoms with van der Waals surface area (Å²) in [5.41, 5.74) is 2.45. The van der Waals surface area contributed by atoms with Gasteiger partial charge < -0.3 is 10.1 Å². The van der Waals surface area contributed by atoms with Crippen molar-refractivity contribution in [1.82, 2.24) is 0 Å². The Morgan fingerprint density at radius 1 is 1.31 bits per heavy atom. The fraction of sp³-hybridized carbons (Fsp3) is 0.538. The second-order valence-corrected chi connectivity index (χ2v) is 4.79. The predicted octanol–water partition coefficient (Wildman–Crippen LogP) is 3.56. The van der Waals surface area contributed by atoms with Crippen molar-refractivity contribution in [2.24, 2.45) is 0 Å². The second-order valence-electron chi connectivity index (χ2n) is 3.81. The number of nitrogens with one attached hydrogen (secondary N) is 1. The van der Waals surface area contributed by atoms with Crippen LogP contribution in [0.4, 0.5) is 5.69 Å². The second kappa shape index (κ2) is 7.44. The Labute approximate surface area is 103 Å². The monoisotopic (exact) mass is 239 g/mol. The first kappa shape index (κ1) is 13.2. The molecule has 0 spiro atoms. The summed E-state index contributed by atoms with van der Waals surface area (Å²) in [6, 6.07) is 6.14. The van der Waals surface area contributed by atoms with Crippen molar-refractivity contribution in [2.75, 3.05) is 31.0 Å². The van der Waals surface area contributed by atoms with Crippen LogP contribution in [0, 0.1) is 6.92 Å². The van der Waals surface area contributed by atoms with Gasteiger partial charge in [-0.3, -0.25) is 0 Å². The summed E-state index contributed by atoms with van der Waals surface area (Å²) in [5, 5.41) is 3.46. The van der Waals surface area contributed by atoms with Crippen LogP contribution in [0.1, 0.15) is 18.4 Å². The smallest absolute Gasteiger partial charge is 0.119 e. The van der Waals surface area contributed by atoms with Crippen LogP contribution in [0.25, 0.3) is 0 Å². The lowest BCUT2D eigenvalue weighted by molar-refractivity contribution is 0.414. The van der Waals surface area contributed by atoms with Crippen molar-refractivity contribution in [1.29, 1.82) is 0 Å². The molecular formula is C13H21NOS. The van der Waals surface area contributed by atoms with Crippen LogP contribution < -0.4 is 10.1 Å². The summed E-state index contributed by atoms with van der Waals surface area (Å²) in [6.07, 6.45) is 4.66. The van der Waals surface area contributed by atoms with Gasteiger partial charge in [0.05, 0.1) is 7.11 Å². The fourth-order valence-electron chi connectivity index (χ4n) is 1.56. The standard InChI is InChI=1S/C13H21NOS/c1-11-10-12(15-2)6-7-13(11)14-8-4-5-9-16-3/h6-7,10,14H,4-5,8-9H2,1-3H3. The summed E-state index contributed by atoms with van der Waals surface area (Å²) >= 11 is 1.91. The highest BCUT2D eigenvalue weighted by Gasteiger charge is 1.99. The van der Waals surface area contributed by atoms with Crippen LogP contribution in [0.15, 0.2) is 18.2 Å². The summed E-state index contributed by atoms with van der Waals surface area (Å²) in [6.45, 7) is 3.15. The maximum Gasteiger partial charge on any atom is 0.119 e. The molecule has 0 bridgehead atoms. The van der Waals surface area contributed by atoms with Gasteiger partial charge in [-0.05, 0) is 55.5 Å². The van der Waals surface area contributed by atoms with Crippen LogP contribution in [0.3, 0.4) is 0 Å². The zero-order valence-electron chi connectivity index (χ0n) is 10.4. The SMILES string of the molecule is COc1ccc(NCCCCSC)c(C)c1. The molecular weight excluding hydrogens is 218 g/mol. The number of methoxy groups -OCH3 is 1. The minimum absolute atomic E-state index is 0.922. The maximum absolute atomic E-state index is 5.18. The van der Waals surface area contributed by atoms with E-state index < -0.39 is 0 Å². The molecule has 0 radical (unpaired) electrons. The van der Waals surface area contributed by atoms with E-state index in [0.717, 1.165) is 12.3 Å². The fourth-order valence-corrected chi connectivity index (χ4v) is 2.05. The first-order chi connectivity index (χ1) is 7.77. The van der Waals surface area contributed by atoms with Gasteiger partial charge in [0.15, 0.2) is 0 Å². The van der Waals surface area contributed by atoms with E-state index in [4.69, 9.17) is 4.74 Å². The summed E-state index contributed by atoms with van der Waals surface area (Å²) < 4.78 is 5.18. The Bertz CT molecular complexity index is 315. The lowest BCUT2D eigenvalue weighted by atomic mass is 10.2. The van der Waals surface area contributed by atoms with Crippen molar-refractivity contribution in [3.05, 3.63) is 23.8 Å². The van der Waals surface area contributed by atoms with Crippen molar-refractivity contribution in [2.45, 2.75) is 19.8 Å². The van der Waals surface area contributed by atoms with Crippen LogP contribution in [0.2, 0.25) is 0 Å². The molecule has 1 aromatic carbocycles. The molecule has 0 aliphatic heterocycles. The molecule has 90 valence electrons. The summed E-state index contributed by atoms with van der Waals surface area (Å²) in [7, 11) is 1.70. The first-order valence-electron chi connectivity index (χ1n) is 5.65. The zero-order valence-corrected chi connectivity index (χ0v) is 11.2. The zero-order chi connectivity index (χ0) is 11.8. The van der Waals surface area contributed by atoms with Crippen LogP contribution in [0.5, 0.6) is 5.75 Å². The molecule has 0 heterocycles. The molecule has 0 atom stereocenters. The highest BCUT2D eigenvalue weighted by molar-refractivity contribution is 7.98. The third kappa shape index (κ3) is 4.35. The molecule has 0 aromatic heterocycles. The number of hydrogen-bond donors (Lipinski definition) is 1. The van der Waals surface area contributed by atoms with Crippen molar-refractivity contribution < 1.29 is 4.74 Å². The summed E-state index contributed by atoms with van der Waals surface area (Å²) in [5.74, 6) is 2.17. The van der Waals surface area contributed by atoms with Gasteiger partial charge in [0.1, 0.15) is 5.75 Å². The average Bonchev–Trinajstić information content (AvgIpc) is 2.30. The van der Waals surface area contributed by atoms with Crippen molar-refractivity contribution >= 4 is 17.4 Å². The molecule has 16 heavy (non-hydrogen) atoms. The Morgan fingerprint density at radius 2 is 2.12 bits per heavy atom. The van der Waals surface area contributed by atoms with E-state index in [1.807, 2.05) is 17.8 Å². The van der Waals surface area contributed by atoms with Gasteiger partial charge in [-0.2, -0.15) is 11.8 Å². The number of benzene rings is 1. The number of aryl methyl sites for hydroxylation is 1. The van der Waals surface area contributed by atoms with Crippen molar-refractivity contribution in [3.8, 4) is 5.75 Å². The molecule has 2 nitrogen and oxygen atoms in total. The third-order valence-corrected chi connectivity index (χ3v) is 3.22. The van der Waals surface area contributed by atoms with E-state index in [2.05, 4.69) is 30.6 Å². The molecule has 0 saturated carbocycles. The molecule has 0 aliphatic carbocycles. The lowest BCUT2D eigenvalue weighted by Crippen LogP contribution is -2.03. The molecule has 1 rings (SSSR count). The van der Waals surface area contributed by atoms with Gasteiger partial charge in [0.2, 0.25) is 0 Å². The van der Waals surface area contributed by atoms with Crippen LogP contribution in [-0.4, -0.2) is 25.7 Å². The van der Waals surface area contributed by atoms with E-state index in [1.165, 1.54) is 29.8 Å². The molecule has 0 aliphatic rings. The molecule has 0 saturated heterocycles. The molecule has 0 fully saturated rings. The minimum Gasteiger partial charge on any atom is -0.497 e. The largest absolute Gasteiger partial charge is 0.497 e. The Morgan fingerprint density at radius 3 is 2.75 bits per heavy atom. The van der Waals surface area contributed by atoms with Gasteiger partial charge in [0.25, 0.3) is 0 Å². The molecule has 3 heteroatoms. The predicted molar refractivity (Wildman–Crippen MR) is 73.8 cm³/mol. The molecule has 1 N–H and O–H groups in total. The van der Waals surface area contributed by atoms with Gasteiger partial charge in [-0.15, -0.1) is 0 Å². The Balaban J connectivity index is 2.36. The van der Waals surface area contributed by atoms with Gasteiger partial charge in [0, 0.05) is 12.2 Å². The Kier molecular flexibility index (Phi) is 6.16. The van der Waals surface area contributed by atoms with Gasteiger partial charge in [-0.25, -0.2) is 0 Å². The Hall–Kier alpha value is -0.830. The third-order valence-electron chi connectivity index (χ3n) is 2.52. The van der Waals surface area contributed by atoms with Gasteiger partial charge in [-0.1, -0.05) is 0 Å². The van der Waals surface area contributed by atoms with Crippen LogP contribution >= 0.6 is 11.8 Å². The maximum atomic E-state index is 5.18. The topological polar surface area (TPSA) is 21.3 Å². The van der Waals surface area contributed by atoms with E-state index in [0.29, 0.717) is 0 Å². The quantitative estimate of drug-likeness (QED) is 0.735. The van der Waals surface area contributed by atoms with E-state index in [-0.39, 0.29) is 0 Å². The van der Waals surface area contributed by atoms with Crippen LogP contribution in [-0.2, 0) is 0 Å².